The molecule has 5 aromatic rings. The minimum Gasteiger partial charge on any atom is -0.488 e. The van der Waals surface area contributed by atoms with Crippen LogP contribution in [0, 0.1) is 18.3 Å². The minimum atomic E-state index is -1.58. The van der Waals surface area contributed by atoms with Gasteiger partial charge in [0.25, 0.3) is 0 Å². The summed E-state index contributed by atoms with van der Waals surface area (Å²) in [6, 6.07) is 19.3. The van der Waals surface area contributed by atoms with E-state index in [9.17, 15) is 20.3 Å². The molecule has 1 fully saturated rings. The summed E-state index contributed by atoms with van der Waals surface area (Å²) < 4.78 is 18.6. The zero-order valence-electron chi connectivity index (χ0n) is 28.8. The number of carboxylic acids is 1. The van der Waals surface area contributed by atoms with Crippen LogP contribution in [0.1, 0.15) is 59.4 Å². The predicted molar refractivity (Wildman–Crippen MR) is 193 cm³/mol. The van der Waals surface area contributed by atoms with Crippen LogP contribution >= 0.6 is 11.6 Å². The molecule has 3 aromatic carbocycles. The van der Waals surface area contributed by atoms with E-state index in [1.807, 2.05) is 18.2 Å². The van der Waals surface area contributed by atoms with Crippen molar-refractivity contribution in [2.75, 3.05) is 26.7 Å². The van der Waals surface area contributed by atoms with Crippen molar-refractivity contribution in [3.63, 3.8) is 0 Å². The molecular formula is C39H40ClN5O6. The number of pyridine rings is 1. The van der Waals surface area contributed by atoms with Gasteiger partial charge in [0.05, 0.1) is 17.2 Å². The van der Waals surface area contributed by atoms with Gasteiger partial charge < -0.3 is 29.0 Å². The number of likely N-dealkylation sites (tertiary alicyclic amines) is 1. The molecule has 11 nitrogen and oxygen atoms in total. The third-order valence-electron chi connectivity index (χ3n) is 9.50. The molecule has 1 aliphatic heterocycles. The van der Waals surface area contributed by atoms with E-state index in [0.29, 0.717) is 39.1 Å². The number of piperidine rings is 1. The molecular weight excluding hydrogens is 670 g/mol. The number of aromatic nitrogens is 2. The summed E-state index contributed by atoms with van der Waals surface area (Å²) in [4.78, 5) is 23.1. The average molecular weight is 710 g/mol. The number of nitriles is 1. The number of oxazole rings is 1. The van der Waals surface area contributed by atoms with Crippen molar-refractivity contribution in [2.24, 2.45) is 0 Å². The van der Waals surface area contributed by atoms with Gasteiger partial charge in [-0.05, 0) is 93.3 Å². The van der Waals surface area contributed by atoms with Crippen LogP contribution in [-0.2, 0) is 24.6 Å². The lowest BCUT2D eigenvalue weighted by atomic mass is 9.96. The van der Waals surface area contributed by atoms with E-state index < -0.39 is 18.1 Å². The monoisotopic (exact) mass is 709 g/mol. The summed E-state index contributed by atoms with van der Waals surface area (Å²) >= 11 is 6.72. The van der Waals surface area contributed by atoms with Crippen molar-refractivity contribution in [3.8, 4) is 28.7 Å². The molecule has 0 bridgehead atoms. The quantitative estimate of drug-likeness (QED) is 0.121. The van der Waals surface area contributed by atoms with Crippen LogP contribution in [0.3, 0.4) is 0 Å². The van der Waals surface area contributed by atoms with Crippen molar-refractivity contribution in [1.82, 2.24) is 20.2 Å². The summed E-state index contributed by atoms with van der Waals surface area (Å²) in [5.74, 6) is 0.708. The maximum atomic E-state index is 11.8. The second-order valence-electron chi connectivity index (χ2n) is 13.2. The number of ether oxygens (including phenoxy) is 2. The fourth-order valence-electron chi connectivity index (χ4n) is 6.09. The molecule has 2 aromatic heterocycles. The van der Waals surface area contributed by atoms with Gasteiger partial charge in [0.2, 0.25) is 0 Å². The normalized spacial score (nSPS) is 15.0. The van der Waals surface area contributed by atoms with Crippen molar-refractivity contribution in [1.29, 1.82) is 5.26 Å². The standard InChI is InChI=1S/C39H40ClN5O6/c1-24-29(5-4-6-31(24)28-7-8-34-33(15-28)44-37(51-34)27-9-11-45(3)12-10-27)22-50-36-16-35(49-21-26-13-25(17-41)18-42-19-26)30(14-32(36)40)20-43-39(2,23-46)38(47)48/h4-8,13-16,18-19,27,43,46H,9-12,20-23H2,1-3H3,(H,47,48). The lowest BCUT2D eigenvalue weighted by Gasteiger charge is -2.26. The molecule has 0 radical (unpaired) electrons. The number of rotatable bonds is 13. The van der Waals surface area contributed by atoms with Gasteiger partial charge in [-0.2, -0.15) is 5.26 Å². The van der Waals surface area contributed by atoms with Crippen LogP contribution < -0.4 is 14.8 Å². The highest BCUT2D eigenvalue weighted by molar-refractivity contribution is 6.32. The first-order chi connectivity index (χ1) is 24.6. The van der Waals surface area contributed by atoms with Crippen molar-refractivity contribution >= 4 is 28.7 Å². The largest absolute Gasteiger partial charge is 0.488 e. The van der Waals surface area contributed by atoms with E-state index in [-0.39, 0.29) is 19.8 Å². The minimum absolute atomic E-state index is 0.0334. The van der Waals surface area contributed by atoms with E-state index >= 15 is 0 Å². The van der Waals surface area contributed by atoms with Crippen LogP contribution in [0.25, 0.3) is 22.2 Å². The number of carboxylic acid groups (broad SMARTS) is 1. The summed E-state index contributed by atoms with van der Waals surface area (Å²) in [6.07, 6.45) is 5.14. The number of fused-ring (bicyclic) bond motifs is 1. The van der Waals surface area contributed by atoms with E-state index in [2.05, 4.69) is 53.4 Å². The smallest absolute Gasteiger partial charge is 0.326 e. The van der Waals surface area contributed by atoms with Gasteiger partial charge in [0.1, 0.15) is 41.8 Å². The van der Waals surface area contributed by atoms with Gasteiger partial charge in [-0.15, -0.1) is 0 Å². The first-order valence-electron chi connectivity index (χ1n) is 16.8. The van der Waals surface area contributed by atoms with Crippen LogP contribution in [0.5, 0.6) is 11.5 Å². The lowest BCUT2D eigenvalue weighted by molar-refractivity contribution is -0.145. The van der Waals surface area contributed by atoms with Crippen LogP contribution in [0.2, 0.25) is 5.02 Å². The topological polar surface area (TPSA) is 154 Å². The van der Waals surface area contributed by atoms with Gasteiger partial charge in [-0.25, -0.2) is 4.98 Å². The SMILES string of the molecule is Cc1c(COc2cc(OCc3cncc(C#N)c3)c(CNC(C)(CO)C(=O)O)cc2Cl)cccc1-c1ccc2oc(C3CCN(C)CC3)nc2c1. The second-order valence-corrected chi connectivity index (χ2v) is 13.6. The zero-order chi connectivity index (χ0) is 36.1. The molecule has 1 aliphatic rings. The molecule has 1 atom stereocenters. The Morgan fingerprint density at radius 2 is 1.88 bits per heavy atom. The Labute approximate surface area is 301 Å². The van der Waals surface area contributed by atoms with E-state index in [1.54, 1.807) is 24.4 Å². The van der Waals surface area contributed by atoms with E-state index in [1.165, 1.54) is 13.1 Å². The zero-order valence-corrected chi connectivity index (χ0v) is 29.5. The van der Waals surface area contributed by atoms with Gasteiger partial charge in [0, 0.05) is 42.0 Å². The molecule has 0 saturated carbocycles. The highest BCUT2D eigenvalue weighted by Gasteiger charge is 2.32. The molecule has 3 N–H and O–H groups in total. The first-order valence-corrected chi connectivity index (χ1v) is 17.1. The van der Waals surface area contributed by atoms with Crippen molar-refractivity contribution < 1.29 is 28.9 Å². The van der Waals surface area contributed by atoms with Crippen LogP contribution in [0.15, 0.2) is 71.4 Å². The molecule has 51 heavy (non-hydrogen) atoms. The number of nitrogens with one attached hydrogen (secondary N) is 1. The second kappa shape index (κ2) is 15.5. The molecule has 1 saturated heterocycles. The number of aliphatic carboxylic acids is 1. The van der Waals surface area contributed by atoms with Crippen LogP contribution in [0.4, 0.5) is 0 Å². The Bertz CT molecular complexity index is 2090. The van der Waals surface area contributed by atoms with Gasteiger partial charge in [0.15, 0.2) is 11.5 Å². The molecule has 3 heterocycles. The Hall–Kier alpha value is -4.99. The fourth-order valence-corrected chi connectivity index (χ4v) is 6.33. The molecule has 12 heteroatoms. The summed E-state index contributed by atoms with van der Waals surface area (Å²) in [5.41, 5.74) is 5.76. The number of halogens is 1. The predicted octanol–water partition coefficient (Wildman–Crippen LogP) is 6.62. The summed E-state index contributed by atoms with van der Waals surface area (Å²) in [5, 5.41) is 31.8. The average Bonchev–Trinajstić information content (AvgIpc) is 3.57. The molecule has 6 rings (SSSR count). The third-order valence-corrected chi connectivity index (χ3v) is 9.80. The van der Waals surface area contributed by atoms with Crippen molar-refractivity contribution in [3.05, 3.63) is 106 Å². The van der Waals surface area contributed by atoms with Gasteiger partial charge in [-0.3, -0.25) is 15.1 Å². The van der Waals surface area contributed by atoms with Gasteiger partial charge >= 0.3 is 5.97 Å². The Morgan fingerprint density at radius 1 is 1.10 bits per heavy atom. The maximum absolute atomic E-state index is 11.8. The number of carbonyl (C=O) groups is 1. The molecule has 0 spiro atoms. The molecule has 0 amide bonds. The lowest BCUT2D eigenvalue weighted by Crippen LogP contribution is -2.52. The number of nitrogens with zero attached hydrogens (tertiary/aromatic N) is 4. The van der Waals surface area contributed by atoms with E-state index in [0.717, 1.165) is 65.2 Å². The highest BCUT2D eigenvalue weighted by Crippen LogP contribution is 2.36. The van der Waals surface area contributed by atoms with Gasteiger partial charge in [-0.1, -0.05) is 35.9 Å². The number of benzene rings is 3. The molecule has 1 unspecified atom stereocenters. The van der Waals surface area contributed by atoms with Crippen molar-refractivity contribution in [2.45, 2.75) is 57.9 Å². The maximum Gasteiger partial charge on any atom is 0.326 e. The highest BCUT2D eigenvalue weighted by atomic mass is 35.5. The Morgan fingerprint density at radius 3 is 2.63 bits per heavy atom. The van der Waals surface area contributed by atoms with Crippen LogP contribution in [-0.4, -0.2) is 63.3 Å². The number of hydrogen-bond donors (Lipinski definition) is 3. The molecule has 0 aliphatic carbocycles. The first kappa shape index (κ1) is 35.8. The van der Waals surface area contributed by atoms with E-state index in [4.69, 9.17) is 30.5 Å². The summed E-state index contributed by atoms with van der Waals surface area (Å²) in [7, 11) is 2.14. The molecule has 264 valence electrons. The number of aliphatic hydroxyl groups excluding tert-OH is 1. The fraction of sp³-hybridized carbons (Fsp3) is 0.333. The Balaban J connectivity index is 1.22. The summed E-state index contributed by atoms with van der Waals surface area (Å²) in [6.45, 7) is 5.24. The Kier molecular flexibility index (Phi) is 10.9. The third kappa shape index (κ3) is 8.16. The number of aliphatic hydroxyl groups is 1. The number of hydrogen-bond acceptors (Lipinski definition) is 10.